The van der Waals surface area contributed by atoms with E-state index < -0.39 is 0 Å². The summed E-state index contributed by atoms with van der Waals surface area (Å²) in [6.07, 6.45) is 1.10. The SMILES string of the molecule is CCC(C)[C@@H](N)c1ccc(Cl)cc1.Cl. The summed E-state index contributed by atoms with van der Waals surface area (Å²) >= 11 is 5.79. The zero-order valence-corrected chi connectivity index (χ0v) is 10.1. The molecule has 1 nitrogen and oxygen atoms in total. The van der Waals surface area contributed by atoms with Crippen LogP contribution in [-0.2, 0) is 0 Å². The monoisotopic (exact) mass is 233 g/mol. The van der Waals surface area contributed by atoms with Crippen molar-refractivity contribution in [2.75, 3.05) is 0 Å². The number of hydrogen-bond donors (Lipinski definition) is 1. The van der Waals surface area contributed by atoms with Crippen molar-refractivity contribution in [2.24, 2.45) is 11.7 Å². The first kappa shape index (κ1) is 13.8. The average Bonchev–Trinajstić information content (AvgIpc) is 2.17. The number of benzene rings is 1. The Morgan fingerprint density at radius 1 is 1.29 bits per heavy atom. The van der Waals surface area contributed by atoms with Crippen LogP contribution in [0.15, 0.2) is 24.3 Å². The lowest BCUT2D eigenvalue weighted by atomic mass is 9.93. The van der Waals surface area contributed by atoms with Crippen molar-refractivity contribution in [1.82, 2.24) is 0 Å². The Labute approximate surface area is 97.1 Å². The van der Waals surface area contributed by atoms with Crippen LogP contribution >= 0.6 is 24.0 Å². The van der Waals surface area contributed by atoms with Gasteiger partial charge in [-0.05, 0) is 23.6 Å². The van der Waals surface area contributed by atoms with Crippen LogP contribution in [0.2, 0.25) is 5.02 Å². The second-order valence-corrected chi connectivity index (χ2v) is 3.90. The van der Waals surface area contributed by atoms with Gasteiger partial charge in [0.1, 0.15) is 0 Å². The van der Waals surface area contributed by atoms with E-state index in [1.165, 1.54) is 5.56 Å². The third kappa shape index (κ3) is 3.49. The van der Waals surface area contributed by atoms with Gasteiger partial charge < -0.3 is 5.73 Å². The van der Waals surface area contributed by atoms with E-state index in [9.17, 15) is 0 Å². The minimum absolute atomic E-state index is 0. The van der Waals surface area contributed by atoms with E-state index in [-0.39, 0.29) is 18.4 Å². The van der Waals surface area contributed by atoms with E-state index >= 15 is 0 Å². The second-order valence-electron chi connectivity index (χ2n) is 3.46. The molecule has 1 unspecified atom stereocenters. The van der Waals surface area contributed by atoms with Crippen molar-refractivity contribution in [2.45, 2.75) is 26.3 Å². The molecule has 1 aromatic rings. The van der Waals surface area contributed by atoms with Crippen molar-refractivity contribution in [1.29, 1.82) is 0 Å². The lowest BCUT2D eigenvalue weighted by Crippen LogP contribution is -2.18. The van der Waals surface area contributed by atoms with Crippen LogP contribution in [0, 0.1) is 5.92 Å². The molecule has 0 aromatic heterocycles. The van der Waals surface area contributed by atoms with E-state index in [1.54, 1.807) is 0 Å². The van der Waals surface area contributed by atoms with Crippen LogP contribution in [0.5, 0.6) is 0 Å². The molecule has 1 aromatic carbocycles. The topological polar surface area (TPSA) is 26.0 Å². The molecule has 0 radical (unpaired) electrons. The fraction of sp³-hybridized carbons (Fsp3) is 0.455. The number of halogens is 2. The third-order valence-corrected chi connectivity index (χ3v) is 2.76. The van der Waals surface area contributed by atoms with Gasteiger partial charge >= 0.3 is 0 Å². The normalized spacial score (nSPS) is 14.3. The van der Waals surface area contributed by atoms with Crippen LogP contribution < -0.4 is 5.73 Å². The Bertz CT molecular complexity index is 258. The van der Waals surface area contributed by atoms with E-state index in [0.717, 1.165) is 11.4 Å². The fourth-order valence-electron chi connectivity index (χ4n) is 1.27. The van der Waals surface area contributed by atoms with Crippen molar-refractivity contribution >= 4 is 24.0 Å². The van der Waals surface area contributed by atoms with Gasteiger partial charge in [0.25, 0.3) is 0 Å². The molecule has 0 amide bonds. The highest BCUT2D eigenvalue weighted by molar-refractivity contribution is 6.30. The summed E-state index contributed by atoms with van der Waals surface area (Å²) in [6, 6.07) is 7.90. The van der Waals surface area contributed by atoms with E-state index in [2.05, 4.69) is 13.8 Å². The lowest BCUT2D eigenvalue weighted by molar-refractivity contribution is 0.457. The van der Waals surface area contributed by atoms with E-state index in [4.69, 9.17) is 17.3 Å². The molecule has 0 aliphatic heterocycles. The summed E-state index contributed by atoms with van der Waals surface area (Å²) in [5, 5.41) is 0.764. The second kappa shape index (κ2) is 6.28. The molecule has 1 rings (SSSR count). The highest BCUT2D eigenvalue weighted by atomic mass is 35.5. The Kier molecular flexibility index (Phi) is 6.17. The van der Waals surface area contributed by atoms with E-state index in [0.29, 0.717) is 5.92 Å². The minimum Gasteiger partial charge on any atom is -0.324 e. The van der Waals surface area contributed by atoms with Crippen molar-refractivity contribution in [3.8, 4) is 0 Å². The van der Waals surface area contributed by atoms with Gasteiger partial charge in [0, 0.05) is 11.1 Å². The summed E-state index contributed by atoms with van der Waals surface area (Å²) in [4.78, 5) is 0. The standard InChI is InChI=1S/C11H16ClN.ClH/c1-3-8(2)11(13)9-4-6-10(12)7-5-9;/h4-8,11H,3,13H2,1-2H3;1H/t8?,11-;/m1./s1. The van der Waals surface area contributed by atoms with Gasteiger partial charge in [-0.2, -0.15) is 0 Å². The largest absolute Gasteiger partial charge is 0.324 e. The fourth-order valence-corrected chi connectivity index (χ4v) is 1.39. The smallest absolute Gasteiger partial charge is 0.0406 e. The van der Waals surface area contributed by atoms with Crippen LogP contribution in [-0.4, -0.2) is 0 Å². The van der Waals surface area contributed by atoms with Gasteiger partial charge in [-0.1, -0.05) is 44.0 Å². The highest BCUT2D eigenvalue weighted by Gasteiger charge is 2.12. The predicted molar refractivity (Wildman–Crippen MR) is 65.1 cm³/mol. The Morgan fingerprint density at radius 3 is 2.21 bits per heavy atom. The molecule has 3 heteroatoms. The molecule has 2 atom stereocenters. The van der Waals surface area contributed by atoms with Crippen LogP contribution in [0.25, 0.3) is 0 Å². The molecule has 14 heavy (non-hydrogen) atoms. The molecule has 0 aliphatic rings. The Morgan fingerprint density at radius 2 is 1.79 bits per heavy atom. The highest BCUT2D eigenvalue weighted by Crippen LogP contribution is 2.22. The first-order chi connectivity index (χ1) is 6.15. The maximum absolute atomic E-state index is 6.06. The number of nitrogens with two attached hydrogens (primary N) is 1. The maximum Gasteiger partial charge on any atom is 0.0406 e. The first-order valence-electron chi connectivity index (χ1n) is 4.66. The molecule has 0 bridgehead atoms. The molecule has 2 N–H and O–H groups in total. The first-order valence-corrected chi connectivity index (χ1v) is 5.04. The molecule has 0 heterocycles. The van der Waals surface area contributed by atoms with Gasteiger partial charge in [-0.3, -0.25) is 0 Å². The molecule has 80 valence electrons. The van der Waals surface area contributed by atoms with Crippen LogP contribution in [0.4, 0.5) is 0 Å². The van der Waals surface area contributed by atoms with Crippen LogP contribution in [0.1, 0.15) is 31.9 Å². The van der Waals surface area contributed by atoms with Crippen molar-refractivity contribution < 1.29 is 0 Å². The van der Waals surface area contributed by atoms with Crippen molar-refractivity contribution in [3.63, 3.8) is 0 Å². The maximum atomic E-state index is 6.06. The minimum atomic E-state index is 0. The van der Waals surface area contributed by atoms with Crippen LogP contribution in [0.3, 0.4) is 0 Å². The van der Waals surface area contributed by atoms with Gasteiger partial charge in [-0.25, -0.2) is 0 Å². The lowest BCUT2D eigenvalue weighted by Gasteiger charge is -2.18. The number of rotatable bonds is 3. The Balaban J connectivity index is 0.00000169. The van der Waals surface area contributed by atoms with Gasteiger partial charge in [0.05, 0.1) is 0 Å². The average molecular weight is 234 g/mol. The summed E-state index contributed by atoms with van der Waals surface area (Å²) in [5.41, 5.74) is 7.22. The zero-order valence-electron chi connectivity index (χ0n) is 8.53. The van der Waals surface area contributed by atoms with Crippen molar-refractivity contribution in [3.05, 3.63) is 34.9 Å². The summed E-state index contributed by atoms with van der Waals surface area (Å²) in [7, 11) is 0. The number of hydrogen-bond acceptors (Lipinski definition) is 1. The summed E-state index contributed by atoms with van der Waals surface area (Å²) < 4.78 is 0. The Hall–Kier alpha value is -0.240. The molecule has 0 saturated heterocycles. The quantitative estimate of drug-likeness (QED) is 0.845. The molecule has 0 saturated carbocycles. The van der Waals surface area contributed by atoms with E-state index in [1.807, 2.05) is 24.3 Å². The molecule has 0 aliphatic carbocycles. The van der Waals surface area contributed by atoms with Gasteiger partial charge in [0.15, 0.2) is 0 Å². The van der Waals surface area contributed by atoms with Gasteiger partial charge in [-0.15, -0.1) is 12.4 Å². The molecular weight excluding hydrogens is 217 g/mol. The van der Waals surface area contributed by atoms with Gasteiger partial charge in [0.2, 0.25) is 0 Å². The zero-order chi connectivity index (χ0) is 9.84. The molecular formula is C11H17Cl2N. The summed E-state index contributed by atoms with van der Waals surface area (Å²) in [6.45, 7) is 4.32. The molecule has 0 fully saturated rings. The predicted octanol–water partition coefficient (Wildman–Crippen LogP) is 3.81. The summed E-state index contributed by atoms with van der Waals surface area (Å²) in [5.74, 6) is 0.515. The third-order valence-electron chi connectivity index (χ3n) is 2.51. The molecule has 0 spiro atoms.